The van der Waals surface area contributed by atoms with Gasteiger partial charge in [0, 0.05) is 35.6 Å². The van der Waals surface area contributed by atoms with E-state index in [0.717, 1.165) is 5.56 Å². The van der Waals surface area contributed by atoms with Gasteiger partial charge in [-0.3, -0.25) is 4.79 Å². The average molecular weight is 544 g/mol. The lowest BCUT2D eigenvalue weighted by Gasteiger charge is -2.26. The molecule has 1 heterocycles. The van der Waals surface area contributed by atoms with Crippen molar-refractivity contribution in [3.8, 4) is 11.1 Å². The van der Waals surface area contributed by atoms with Gasteiger partial charge < -0.3 is 19.4 Å². The highest BCUT2D eigenvalue weighted by Gasteiger charge is 2.27. The van der Waals surface area contributed by atoms with Crippen LogP contribution in [0.25, 0.3) is 11.1 Å². The fraction of sp³-hybridized carbons (Fsp3) is 0.414. The highest BCUT2D eigenvalue weighted by Crippen LogP contribution is 2.27. The lowest BCUT2D eigenvalue weighted by Crippen LogP contribution is -2.42. The van der Waals surface area contributed by atoms with Crippen LogP contribution in [0.4, 0.5) is 9.18 Å². The minimum Gasteiger partial charge on any atom is -0.466 e. The normalized spacial score (nSPS) is 13.0. The van der Waals surface area contributed by atoms with Crippen LogP contribution >= 0.6 is 11.6 Å². The van der Waals surface area contributed by atoms with E-state index in [0.29, 0.717) is 42.0 Å². The number of carbonyl (C=O) groups is 2. The van der Waals surface area contributed by atoms with Crippen LogP contribution in [0.3, 0.4) is 0 Å². The van der Waals surface area contributed by atoms with E-state index in [4.69, 9.17) is 21.1 Å². The smallest absolute Gasteiger partial charge is 0.407 e. The van der Waals surface area contributed by atoms with E-state index in [9.17, 15) is 14.0 Å². The Hall–Kier alpha value is -3.39. The number of aromatic nitrogens is 2. The molecule has 0 aliphatic rings. The fourth-order valence-electron chi connectivity index (χ4n) is 4.15. The van der Waals surface area contributed by atoms with Gasteiger partial charge in [-0.1, -0.05) is 35.9 Å². The number of esters is 1. The zero-order valence-electron chi connectivity index (χ0n) is 22.2. The third-order valence-electron chi connectivity index (χ3n) is 5.88. The summed E-state index contributed by atoms with van der Waals surface area (Å²) in [4.78, 5) is 29.6. The van der Waals surface area contributed by atoms with Crippen molar-refractivity contribution in [3.05, 3.63) is 77.6 Å². The first-order valence-corrected chi connectivity index (χ1v) is 13.1. The van der Waals surface area contributed by atoms with E-state index in [1.54, 1.807) is 46.3 Å². The van der Waals surface area contributed by atoms with Crippen LogP contribution in [0, 0.1) is 11.7 Å². The molecule has 0 unspecified atom stereocenters. The molecule has 0 saturated carbocycles. The number of ether oxygens (including phenoxy) is 2. The van der Waals surface area contributed by atoms with Crippen LogP contribution in [0.1, 0.15) is 46.1 Å². The SMILES string of the molecule is CCOC(=O)[C@H](CCn1ccnc1)C[C@@H](Cc1ccc(-c2cc(Cl)ccc2F)cc1)NC(=O)OC(C)(C)C. The molecule has 0 radical (unpaired) electrons. The van der Waals surface area contributed by atoms with Gasteiger partial charge in [-0.25, -0.2) is 14.2 Å². The summed E-state index contributed by atoms with van der Waals surface area (Å²) in [6.07, 6.45) is 5.99. The van der Waals surface area contributed by atoms with E-state index in [1.807, 2.05) is 35.0 Å². The van der Waals surface area contributed by atoms with Crippen LogP contribution in [0.2, 0.25) is 5.02 Å². The molecule has 2 aromatic carbocycles. The van der Waals surface area contributed by atoms with Gasteiger partial charge in [0.05, 0.1) is 18.9 Å². The maximum Gasteiger partial charge on any atom is 0.407 e. The molecule has 204 valence electrons. The molecule has 7 nitrogen and oxygen atoms in total. The zero-order valence-corrected chi connectivity index (χ0v) is 23.0. The molecule has 1 aromatic heterocycles. The molecule has 0 fully saturated rings. The Balaban J connectivity index is 1.79. The van der Waals surface area contributed by atoms with Gasteiger partial charge in [0.15, 0.2) is 0 Å². The maximum atomic E-state index is 14.3. The molecule has 1 N–H and O–H groups in total. The van der Waals surface area contributed by atoms with Crippen molar-refractivity contribution in [1.29, 1.82) is 0 Å². The molecule has 38 heavy (non-hydrogen) atoms. The summed E-state index contributed by atoms with van der Waals surface area (Å²) >= 11 is 6.05. The maximum absolute atomic E-state index is 14.3. The zero-order chi connectivity index (χ0) is 27.7. The van der Waals surface area contributed by atoms with E-state index < -0.39 is 23.7 Å². The Labute approximate surface area is 228 Å². The van der Waals surface area contributed by atoms with Crippen LogP contribution in [-0.2, 0) is 27.2 Å². The molecule has 0 bridgehead atoms. The predicted octanol–water partition coefficient (Wildman–Crippen LogP) is 6.44. The van der Waals surface area contributed by atoms with Crippen molar-refractivity contribution in [1.82, 2.24) is 14.9 Å². The monoisotopic (exact) mass is 543 g/mol. The minimum absolute atomic E-state index is 0.270. The first-order valence-electron chi connectivity index (χ1n) is 12.7. The third kappa shape index (κ3) is 9.17. The number of hydrogen-bond donors (Lipinski definition) is 1. The Morgan fingerprint density at radius 2 is 1.89 bits per heavy atom. The van der Waals surface area contributed by atoms with Crippen LogP contribution < -0.4 is 5.32 Å². The first-order chi connectivity index (χ1) is 18.0. The number of carbonyl (C=O) groups excluding carboxylic acids is 2. The van der Waals surface area contributed by atoms with E-state index in [2.05, 4.69) is 10.3 Å². The number of nitrogens with zero attached hydrogens (tertiary/aromatic N) is 2. The molecule has 3 rings (SSSR count). The third-order valence-corrected chi connectivity index (χ3v) is 6.12. The van der Waals surface area contributed by atoms with Crippen molar-refractivity contribution in [2.75, 3.05) is 6.61 Å². The van der Waals surface area contributed by atoms with E-state index in [-0.39, 0.29) is 18.4 Å². The van der Waals surface area contributed by atoms with Crippen molar-refractivity contribution in [3.63, 3.8) is 0 Å². The second-order valence-electron chi connectivity index (χ2n) is 10.1. The number of nitrogens with one attached hydrogen (secondary N) is 1. The van der Waals surface area contributed by atoms with E-state index in [1.165, 1.54) is 12.1 Å². The molecule has 1 amide bonds. The van der Waals surface area contributed by atoms with E-state index >= 15 is 0 Å². The Morgan fingerprint density at radius 3 is 2.53 bits per heavy atom. The highest BCUT2D eigenvalue weighted by molar-refractivity contribution is 6.30. The molecule has 2 atom stereocenters. The summed E-state index contributed by atoms with van der Waals surface area (Å²) in [7, 11) is 0. The second kappa shape index (κ2) is 13.4. The van der Waals surface area contributed by atoms with Gasteiger partial charge in [-0.05, 0) is 76.3 Å². The number of aryl methyl sites for hydroxylation is 1. The molecular formula is C29H35ClFN3O4. The largest absolute Gasteiger partial charge is 0.466 e. The molecule has 9 heteroatoms. The number of benzene rings is 2. The quantitative estimate of drug-likeness (QED) is 0.281. The Bertz CT molecular complexity index is 1190. The van der Waals surface area contributed by atoms with Crippen molar-refractivity contribution in [2.24, 2.45) is 5.92 Å². The molecule has 0 spiro atoms. The highest BCUT2D eigenvalue weighted by atomic mass is 35.5. The number of halogens is 2. The fourth-order valence-corrected chi connectivity index (χ4v) is 4.32. The second-order valence-corrected chi connectivity index (χ2v) is 10.6. The van der Waals surface area contributed by atoms with Crippen molar-refractivity contribution >= 4 is 23.7 Å². The summed E-state index contributed by atoms with van der Waals surface area (Å²) in [5, 5.41) is 3.39. The van der Waals surface area contributed by atoms with Gasteiger partial charge in [-0.2, -0.15) is 0 Å². The number of alkyl carbamates (subject to hydrolysis) is 1. The predicted molar refractivity (Wildman–Crippen MR) is 145 cm³/mol. The average Bonchev–Trinajstić information content (AvgIpc) is 3.36. The van der Waals surface area contributed by atoms with Gasteiger partial charge in [0.1, 0.15) is 11.4 Å². The Morgan fingerprint density at radius 1 is 1.16 bits per heavy atom. The van der Waals surface area contributed by atoms with Crippen molar-refractivity contribution in [2.45, 2.75) is 65.1 Å². The van der Waals surface area contributed by atoms with Crippen LogP contribution in [0.15, 0.2) is 61.2 Å². The topological polar surface area (TPSA) is 82.5 Å². The lowest BCUT2D eigenvalue weighted by atomic mass is 9.92. The van der Waals surface area contributed by atoms with Gasteiger partial charge in [0.2, 0.25) is 0 Å². The summed E-state index contributed by atoms with van der Waals surface area (Å²) in [5.74, 6) is -1.12. The van der Waals surface area contributed by atoms with Gasteiger partial charge in [-0.15, -0.1) is 0 Å². The Kier molecular flexibility index (Phi) is 10.3. The molecule has 0 aliphatic heterocycles. The standard InChI is InChI=1S/C29H35ClFN3O4/c1-5-37-27(35)22(12-14-34-15-13-32-19-34)17-24(33-28(36)38-29(2,3)4)16-20-6-8-21(9-7-20)25-18-23(30)10-11-26(25)31/h6-11,13,15,18-19,22,24H,5,12,14,16-17H2,1-4H3,(H,33,36)/t22-,24-/m1/s1. The summed E-state index contributed by atoms with van der Waals surface area (Å²) in [5.41, 5.74) is 1.35. The number of imidazole rings is 1. The van der Waals surface area contributed by atoms with Gasteiger partial charge in [0.25, 0.3) is 0 Å². The summed E-state index contributed by atoms with van der Waals surface area (Å²) < 4.78 is 27.1. The molecular weight excluding hydrogens is 509 g/mol. The first kappa shape index (κ1) is 29.2. The minimum atomic E-state index is -0.667. The number of rotatable bonds is 11. The molecule has 3 aromatic rings. The number of amides is 1. The summed E-state index contributed by atoms with van der Waals surface area (Å²) in [6.45, 7) is 8.01. The molecule has 0 saturated heterocycles. The number of hydrogen-bond acceptors (Lipinski definition) is 5. The van der Waals surface area contributed by atoms with Crippen molar-refractivity contribution < 1.29 is 23.5 Å². The molecule has 0 aliphatic carbocycles. The van der Waals surface area contributed by atoms with Crippen LogP contribution in [0.5, 0.6) is 0 Å². The lowest BCUT2D eigenvalue weighted by molar-refractivity contribution is -0.148. The van der Waals surface area contributed by atoms with Gasteiger partial charge >= 0.3 is 12.1 Å². The van der Waals surface area contributed by atoms with Crippen LogP contribution in [-0.4, -0.2) is 39.9 Å². The summed E-state index contributed by atoms with van der Waals surface area (Å²) in [6, 6.07) is 11.4.